The number of rotatable bonds is 5. The van der Waals surface area contributed by atoms with Gasteiger partial charge >= 0.3 is 0 Å². The first-order chi connectivity index (χ1) is 18.8. The van der Waals surface area contributed by atoms with Gasteiger partial charge in [-0.25, -0.2) is 4.39 Å². The van der Waals surface area contributed by atoms with Crippen molar-refractivity contribution in [2.45, 2.75) is 32.1 Å². The molecule has 3 aromatic carbocycles. The zero-order valence-electron chi connectivity index (χ0n) is 21.8. The molecule has 1 N–H and O–H groups in total. The second-order valence-electron chi connectivity index (χ2n) is 10.0. The van der Waals surface area contributed by atoms with E-state index in [1.165, 1.54) is 19.2 Å². The Balaban J connectivity index is 1.40. The van der Waals surface area contributed by atoms with Crippen LogP contribution < -0.4 is 15.0 Å². The molecule has 0 aromatic heterocycles. The van der Waals surface area contributed by atoms with Gasteiger partial charge in [0.2, 0.25) is 0 Å². The van der Waals surface area contributed by atoms with Crippen LogP contribution in [0.5, 0.6) is 5.75 Å². The molecule has 1 fully saturated rings. The average Bonchev–Trinajstić information content (AvgIpc) is 3.25. The lowest BCUT2D eigenvalue weighted by molar-refractivity contribution is 0.0983. The number of oxime groups is 1. The number of benzene rings is 3. The van der Waals surface area contributed by atoms with Gasteiger partial charge < -0.3 is 19.8 Å². The minimum atomic E-state index is -0.587. The summed E-state index contributed by atoms with van der Waals surface area (Å²) in [6.07, 6.45) is 4.47. The quantitative estimate of drug-likeness (QED) is 0.368. The van der Waals surface area contributed by atoms with Crippen molar-refractivity contribution in [3.05, 3.63) is 88.2 Å². The number of para-hydroxylation sites is 1. The fourth-order valence-corrected chi connectivity index (χ4v) is 5.83. The van der Waals surface area contributed by atoms with Gasteiger partial charge in [-0.3, -0.25) is 9.59 Å². The summed E-state index contributed by atoms with van der Waals surface area (Å²) < 4.78 is 19.2. The predicted octanol–water partition coefficient (Wildman–Crippen LogP) is 6.51. The first-order valence-corrected chi connectivity index (χ1v) is 13.1. The van der Waals surface area contributed by atoms with E-state index < -0.39 is 11.7 Å². The molecule has 0 bridgehead atoms. The molecule has 9 heteroatoms. The highest BCUT2D eigenvalue weighted by molar-refractivity contribution is 6.34. The van der Waals surface area contributed by atoms with Crippen LogP contribution in [-0.4, -0.2) is 38.3 Å². The fraction of sp³-hybridized carbons (Fsp3) is 0.300. The van der Waals surface area contributed by atoms with E-state index in [-0.39, 0.29) is 21.9 Å². The van der Waals surface area contributed by atoms with Gasteiger partial charge in [0.25, 0.3) is 11.8 Å². The van der Waals surface area contributed by atoms with Gasteiger partial charge in [0.1, 0.15) is 18.7 Å². The molecule has 1 aliphatic carbocycles. The SMILES string of the molecule is CO/N=C1\CC[C@@]2(CCN(C(=O)c3ccc(NC(=O)c4cc(F)ccc4Cl)c(OC)c3)c3ccccc3C2)C1. The summed E-state index contributed by atoms with van der Waals surface area (Å²) in [6.45, 7) is 0.564. The molecule has 202 valence electrons. The maximum absolute atomic E-state index is 13.9. The number of nitrogens with zero attached hydrogens (tertiary/aromatic N) is 2. The molecular weight excluding hydrogens is 521 g/mol. The molecule has 1 saturated carbocycles. The van der Waals surface area contributed by atoms with E-state index in [2.05, 4.69) is 16.5 Å². The van der Waals surface area contributed by atoms with Gasteiger partial charge in [-0.05, 0) is 85.5 Å². The van der Waals surface area contributed by atoms with Crippen LogP contribution in [-0.2, 0) is 11.3 Å². The molecular formula is C30H29ClFN3O4. The van der Waals surface area contributed by atoms with Crippen LogP contribution in [0.2, 0.25) is 5.02 Å². The highest BCUT2D eigenvalue weighted by Gasteiger charge is 2.41. The Labute approximate surface area is 231 Å². The van der Waals surface area contributed by atoms with Gasteiger partial charge in [-0.1, -0.05) is 35.0 Å². The average molecular weight is 550 g/mol. The molecule has 0 saturated heterocycles. The third kappa shape index (κ3) is 5.47. The van der Waals surface area contributed by atoms with Crippen LogP contribution in [0.1, 0.15) is 52.0 Å². The molecule has 1 spiro atoms. The Morgan fingerprint density at radius 1 is 1.05 bits per heavy atom. The minimum Gasteiger partial charge on any atom is -0.495 e. The lowest BCUT2D eigenvalue weighted by atomic mass is 9.78. The smallest absolute Gasteiger partial charge is 0.258 e. The zero-order chi connectivity index (χ0) is 27.6. The number of hydrogen-bond acceptors (Lipinski definition) is 5. The predicted molar refractivity (Wildman–Crippen MR) is 150 cm³/mol. The topological polar surface area (TPSA) is 80.2 Å². The van der Waals surface area contributed by atoms with Crippen LogP contribution in [0.25, 0.3) is 0 Å². The van der Waals surface area contributed by atoms with E-state index in [1.807, 2.05) is 23.1 Å². The summed E-state index contributed by atoms with van der Waals surface area (Å²) in [5.74, 6) is -1.02. The zero-order valence-corrected chi connectivity index (χ0v) is 22.6. The molecule has 1 heterocycles. The van der Waals surface area contributed by atoms with Crippen molar-refractivity contribution < 1.29 is 23.6 Å². The summed E-state index contributed by atoms with van der Waals surface area (Å²) >= 11 is 6.09. The monoisotopic (exact) mass is 549 g/mol. The second-order valence-corrected chi connectivity index (χ2v) is 10.4. The molecule has 1 aliphatic heterocycles. The first kappa shape index (κ1) is 26.7. The van der Waals surface area contributed by atoms with Crippen LogP contribution in [0, 0.1) is 11.2 Å². The third-order valence-corrected chi connectivity index (χ3v) is 7.90. The van der Waals surface area contributed by atoms with Gasteiger partial charge in [0, 0.05) is 17.8 Å². The lowest BCUT2D eigenvalue weighted by Gasteiger charge is -2.27. The molecule has 5 rings (SSSR count). The minimum absolute atomic E-state index is 0.000380. The van der Waals surface area contributed by atoms with Gasteiger partial charge in [0.15, 0.2) is 0 Å². The summed E-state index contributed by atoms with van der Waals surface area (Å²) in [6, 6.07) is 16.5. The van der Waals surface area contributed by atoms with Gasteiger partial charge in [-0.2, -0.15) is 0 Å². The summed E-state index contributed by atoms with van der Waals surface area (Å²) in [5.41, 5.74) is 3.89. The van der Waals surface area contributed by atoms with Gasteiger partial charge in [0.05, 0.1) is 29.1 Å². The maximum Gasteiger partial charge on any atom is 0.258 e. The molecule has 3 aromatic rings. The summed E-state index contributed by atoms with van der Waals surface area (Å²) in [4.78, 5) is 33.5. The van der Waals surface area contributed by atoms with Crippen LogP contribution >= 0.6 is 11.6 Å². The number of nitrogens with one attached hydrogen (secondary N) is 1. The number of ether oxygens (including phenoxy) is 1. The van der Waals surface area contributed by atoms with Crippen molar-refractivity contribution in [1.29, 1.82) is 0 Å². The summed E-state index contributed by atoms with van der Waals surface area (Å²) in [5, 5.41) is 7.03. The number of halogens is 2. The number of carbonyl (C=O) groups excluding carboxylic acids is 2. The maximum atomic E-state index is 13.9. The molecule has 0 unspecified atom stereocenters. The van der Waals surface area contributed by atoms with Crippen molar-refractivity contribution in [3.8, 4) is 5.75 Å². The standard InChI is InChI=1S/C30H29ClFN3O4/c1-38-27-15-19(7-10-25(27)33-28(36)23-16-21(32)8-9-24(23)31)29(37)35-14-13-30(12-11-22(18-30)34-39-2)17-20-5-3-4-6-26(20)35/h3-10,15-16H,11-14,17-18H2,1-2H3,(H,33,36)/b34-22+/t30-/m0/s1. The van der Waals surface area contributed by atoms with E-state index >= 15 is 0 Å². The number of carbonyl (C=O) groups is 2. The van der Waals surface area contributed by atoms with E-state index in [0.29, 0.717) is 23.5 Å². The van der Waals surface area contributed by atoms with Crippen LogP contribution in [0.15, 0.2) is 65.8 Å². The van der Waals surface area contributed by atoms with E-state index in [0.717, 1.165) is 55.1 Å². The second kappa shape index (κ2) is 11.1. The van der Waals surface area contributed by atoms with E-state index in [9.17, 15) is 14.0 Å². The molecule has 7 nitrogen and oxygen atoms in total. The van der Waals surface area contributed by atoms with Crippen molar-refractivity contribution in [2.24, 2.45) is 10.6 Å². The molecule has 1 atom stereocenters. The number of amides is 2. The highest BCUT2D eigenvalue weighted by atomic mass is 35.5. The fourth-order valence-electron chi connectivity index (χ4n) is 5.63. The Morgan fingerprint density at radius 3 is 2.67 bits per heavy atom. The number of fused-ring (bicyclic) bond motifs is 1. The van der Waals surface area contributed by atoms with Crippen LogP contribution in [0.4, 0.5) is 15.8 Å². The van der Waals surface area contributed by atoms with E-state index in [4.69, 9.17) is 21.2 Å². The summed E-state index contributed by atoms with van der Waals surface area (Å²) in [7, 11) is 3.03. The first-order valence-electron chi connectivity index (χ1n) is 12.8. The lowest BCUT2D eigenvalue weighted by Crippen LogP contribution is -2.33. The normalized spacial score (nSPS) is 19.5. The van der Waals surface area contributed by atoms with Crippen molar-refractivity contribution in [2.75, 3.05) is 31.0 Å². The molecule has 39 heavy (non-hydrogen) atoms. The molecule has 0 radical (unpaired) electrons. The van der Waals surface area contributed by atoms with Gasteiger partial charge in [-0.15, -0.1) is 0 Å². The Hall–Kier alpha value is -3.91. The van der Waals surface area contributed by atoms with E-state index in [1.54, 1.807) is 25.3 Å². The number of anilines is 2. The molecule has 2 amide bonds. The highest BCUT2D eigenvalue weighted by Crippen LogP contribution is 2.46. The van der Waals surface area contributed by atoms with Crippen molar-refractivity contribution >= 4 is 40.5 Å². The Morgan fingerprint density at radius 2 is 1.87 bits per heavy atom. The third-order valence-electron chi connectivity index (χ3n) is 7.57. The Kier molecular flexibility index (Phi) is 7.57. The number of methoxy groups -OCH3 is 1. The van der Waals surface area contributed by atoms with Crippen molar-refractivity contribution in [1.82, 2.24) is 0 Å². The molecule has 2 aliphatic rings. The number of hydrogen-bond donors (Lipinski definition) is 1. The Bertz CT molecular complexity index is 1460. The van der Waals surface area contributed by atoms with Crippen LogP contribution in [0.3, 0.4) is 0 Å². The van der Waals surface area contributed by atoms with Crippen molar-refractivity contribution in [3.63, 3.8) is 0 Å². The largest absolute Gasteiger partial charge is 0.495 e.